The molecule has 0 atom stereocenters. The Labute approximate surface area is 108 Å². The van der Waals surface area contributed by atoms with Gasteiger partial charge in [-0.3, -0.25) is 9.78 Å². The van der Waals surface area contributed by atoms with Crippen molar-refractivity contribution in [2.45, 2.75) is 45.3 Å². The van der Waals surface area contributed by atoms with Gasteiger partial charge in [0.2, 0.25) is 5.91 Å². The Morgan fingerprint density at radius 1 is 1.28 bits per heavy atom. The van der Waals surface area contributed by atoms with Crippen molar-refractivity contribution in [1.29, 1.82) is 0 Å². The lowest BCUT2D eigenvalue weighted by molar-refractivity contribution is -0.148. The molecule has 0 bridgehead atoms. The van der Waals surface area contributed by atoms with Crippen LogP contribution in [0.2, 0.25) is 0 Å². The van der Waals surface area contributed by atoms with Crippen molar-refractivity contribution in [2.75, 3.05) is 6.54 Å². The van der Waals surface area contributed by atoms with E-state index in [0.29, 0.717) is 6.54 Å². The van der Waals surface area contributed by atoms with Gasteiger partial charge in [0.25, 0.3) is 0 Å². The van der Waals surface area contributed by atoms with E-state index in [-0.39, 0.29) is 11.4 Å². The molecule has 0 aliphatic carbocycles. The molecule has 1 fully saturated rings. The molecule has 4 nitrogen and oxygen atoms in total. The van der Waals surface area contributed by atoms with Crippen molar-refractivity contribution < 1.29 is 4.79 Å². The third-order valence-corrected chi connectivity index (χ3v) is 3.56. The number of piperazine rings is 1. The van der Waals surface area contributed by atoms with E-state index in [2.05, 4.69) is 24.1 Å². The van der Waals surface area contributed by atoms with Crippen molar-refractivity contribution in [3.63, 3.8) is 0 Å². The zero-order chi connectivity index (χ0) is 13.4. The van der Waals surface area contributed by atoms with E-state index in [1.165, 1.54) is 0 Å². The van der Waals surface area contributed by atoms with Crippen LogP contribution in [0.1, 0.15) is 33.3 Å². The van der Waals surface area contributed by atoms with Gasteiger partial charge < -0.3 is 10.2 Å². The molecule has 1 aliphatic heterocycles. The molecule has 0 saturated carbocycles. The highest BCUT2D eigenvalue weighted by Crippen LogP contribution is 2.26. The molecular formula is C14H21N3O. The Hall–Kier alpha value is -1.42. The Bertz CT molecular complexity index is 440. The second kappa shape index (κ2) is 4.35. The molecule has 0 unspecified atom stereocenters. The summed E-state index contributed by atoms with van der Waals surface area (Å²) in [6, 6.07) is 3.91. The van der Waals surface area contributed by atoms with E-state index >= 15 is 0 Å². The van der Waals surface area contributed by atoms with Crippen molar-refractivity contribution in [2.24, 2.45) is 0 Å². The van der Waals surface area contributed by atoms with Crippen LogP contribution in [-0.2, 0) is 11.3 Å². The van der Waals surface area contributed by atoms with Gasteiger partial charge >= 0.3 is 0 Å². The number of carbonyl (C=O) groups excluding carboxylic acids is 1. The highest BCUT2D eigenvalue weighted by Gasteiger charge is 2.44. The van der Waals surface area contributed by atoms with Gasteiger partial charge in [-0.25, -0.2) is 0 Å². The summed E-state index contributed by atoms with van der Waals surface area (Å²) >= 11 is 0. The quantitative estimate of drug-likeness (QED) is 0.863. The standard InChI is InChI=1S/C14H21N3O/c1-13(2)10-16-14(3,4)12(18)17(13)9-11-5-7-15-8-6-11/h5-8,16H,9-10H2,1-4H3. The zero-order valence-electron chi connectivity index (χ0n) is 11.5. The van der Waals surface area contributed by atoms with Crippen LogP contribution in [0.4, 0.5) is 0 Å². The maximum atomic E-state index is 12.5. The third kappa shape index (κ3) is 2.38. The molecule has 2 heterocycles. The first-order valence-electron chi connectivity index (χ1n) is 6.29. The molecule has 18 heavy (non-hydrogen) atoms. The first-order valence-corrected chi connectivity index (χ1v) is 6.29. The van der Waals surface area contributed by atoms with Gasteiger partial charge in [0.1, 0.15) is 0 Å². The Balaban J connectivity index is 2.25. The van der Waals surface area contributed by atoms with E-state index in [9.17, 15) is 4.79 Å². The summed E-state index contributed by atoms with van der Waals surface area (Å²) in [5.41, 5.74) is 0.461. The number of amides is 1. The van der Waals surface area contributed by atoms with Crippen LogP contribution in [0, 0.1) is 0 Å². The molecule has 1 aliphatic rings. The molecule has 1 aromatic heterocycles. The third-order valence-electron chi connectivity index (χ3n) is 3.56. The fourth-order valence-corrected chi connectivity index (χ4v) is 2.18. The highest BCUT2D eigenvalue weighted by molar-refractivity contribution is 5.87. The van der Waals surface area contributed by atoms with Crippen LogP contribution in [0.3, 0.4) is 0 Å². The molecule has 0 spiro atoms. The molecule has 0 radical (unpaired) electrons. The second-order valence-electron chi connectivity index (χ2n) is 6.04. The minimum absolute atomic E-state index is 0.149. The minimum Gasteiger partial charge on any atom is -0.330 e. The largest absolute Gasteiger partial charge is 0.330 e. The van der Waals surface area contributed by atoms with Gasteiger partial charge in [0.05, 0.1) is 11.1 Å². The van der Waals surface area contributed by atoms with Crippen molar-refractivity contribution in [1.82, 2.24) is 15.2 Å². The summed E-state index contributed by atoms with van der Waals surface area (Å²) in [5.74, 6) is 0.149. The maximum Gasteiger partial charge on any atom is 0.243 e. The molecule has 0 aromatic carbocycles. The summed E-state index contributed by atoms with van der Waals surface area (Å²) in [6.07, 6.45) is 3.53. The smallest absolute Gasteiger partial charge is 0.243 e. The average molecular weight is 247 g/mol. The van der Waals surface area contributed by atoms with Crippen LogP contribution < -0.4 is 5.32 Å². The molecule has 98 valence electrons. The first kappa shape index (κ1) is 13.0. The van der Waals surface area contributed by atoms with E-state index < -0.39 is 5.54 Å². The fraction of sp³-hybridized carbons (Fsp3) is 0.571. The van der Waals surface area contributed by atoms with E-state index in [0.717, 1.165) is 12.1 Å². The predicted octanol–water partition coefficient (Wildman–Crippen LogP) is 1.57. The predicted molar refractivity (Wildman–Crippen MR) is 70.9 cm³/mol. The van der Waals surface area contributed by atoms with Gasteiger partial charge in [-0.05, 0) is 45.4 Å². The summed E-state index contributed by atoms with van der Waals surface area (Å²) in [6.45, 7) is 9.49. The maximum absolute atomic E-state index is 12.5. The Morgan fingerprint density at radius 2 is 1.89 bits per heavy atom. The highest BCUT2D eigenvalue weighted by atomic mass is 16.2. The number of aromatic nitrogens is 1. The summed E-state index contributed by atoms with van der Waals surface area (Å²) in [4.78, 5) is 18.5. The van der Waals surface area contributed by atoms with Crippen molar-refractivity contribution in [3.8, 4) is 0 Å². The van der Waals surface area contributed by atoms with Crippen molar-refractivity contribution >= 4 is 5.91 Å². The second-order valence-corrected chi connectivity index (χ2v) is 6.04. The minimum atomic E-state index is -0.484. The van der Waals surface area contributed by atoms with Crippen LogP contribution in [-0.4, -0.2) is 33.4 Å². The summed E-state index contributed by atoms with van der Waals surface area (Å²) in [7, 11) is 0. The Morgan fingerprint density at radius 3 is 2.50 bits per heavy atom. The lowest BCUT2D eigenvalue weighted by Gasteiger charge is -2.49. The van der Waals surface area contributed by atoms with Gasteiger partial charge in [-0.15, -0.1) is 0 Å². The Kier molecular flexibility index (Phi) is 3.15. The SMILES string of the molecule is CC1(C)NCC(C)(C)N(Cc2ccncc2)C1=O. The number of pyridine rings is 1. The number of nitrogens with zero attached hydrogens (tertiary/aromatic N) is 2. The molecule has 1 amide bonds. The lowest BCUT2D eigenvalue weighted by atomic mass is 9.90. The molecule has 2 rings (SSSR count). The van der Waals surface area contributed by atoms with E-state index in [4.69, 9.17) is 0 Å². The number of rotatable bonds is 2. The van der Waals surface area contributed by atoms with E-state index in [1.54, 1.807) is 12.4 Å². The van der Waals surface area contributed by atoms with Crippen LogP contribution >= 0.6 is 0 Å². The topological polar surface area (TPSA) is 45.2 Å². The molecule has 4 heteroatoms. The number of nitrogens with one attached hydrogen (secondary N) is 1. The average Bonchev–Trinajstić information content (AvgIpc) is 2.33. The van der Waals surface area contributed by atoms with Crippen LogP contribution in [0.5, 0.6) is 0 Å². The monoisotopic (exact) mass is 247 g/mol. The molecule has 1 aromatic rings. The number of carbonyl (C=O) groups is 1. The molecule has 1 N–H and O–H groups in total. The number of hydrogen-bond acceptors (Lipinski definition) is 3. The molecule has 1 saturated heterocycles. The van der Waals surface area contributed by atoms with Crippen LogP contribution in [0.15, 0.2) is 24.5 Å². The summed E-state index contributed by atoms with van der Waals surface area (Å²) < 4.78 is 0. The molecular weight excluding hydrogens is 226 g/mol. The van der Waals surface area contributed by atoms with Crippen molar-refractivity contribution in [3.05, 3.63) is 30.1 Å². The normalized spacial score (nSPS) is 22.0. The van der Waals surface area contributed by atoms with Gasteiger partial charge in [0, 0.05) is 25.5 Å². The van der Waals surface area contributed by atoms with Gasteiger partial charge in [-0.1, -0.05) is 0 Å². The zero-order valence-corrected chi connectivity index (χ0v) is 11.5. The number of hydrogen-bond donors (Lipinski definition) is 1. The summed E-state index contributed by atoms with van der Waals surface area (Å²) in [5, 5.41) is 3.31. The lowest BCUT2D eigenvalue weighted by Crippen LogP contribution is -2.68. The first-order chi connectivity index (χ1) is 8.33. The fourth-order valence-electron chi connectivity index (χ4n) is 2.18. The van der Waals surface area contributed by atoms with Gasteiger partial charge in [0.15, 0.2) is 0 Å². The van der Waals surface area contributed by atoms with E-state index in [1.807, 2.05) is 30.9 Å². The van der Waals surface area contributed by atoms with Crippen LogP contribution in [0.25, 0.3) is 0 Å². The van der Waals surface area contributed by atoms with Gasteiger partial charge in [-0.2, -0.15) is 0 Å².